The summed E-state index contributed by atoms with van der Waals surface area (Å²) in [6.45, 7) is 0.313. The topological polar surface area (TPSA) is 98.3 Å². The number of carbonyl (C=O) groups excluding carboxylic acids is 1. The minimum absolute atomic E-state index is 0.0361. The average molecular weight is 263 g/mol. The van der Waals surface area contributed by atoms with Crippen LogP contribution >= 0.6 is 0 Å². The Labute approximate surface area is 111 Å². The van der Waals surface area contributed by atoms with Gasteiger partial charge in [0.2, 0.25) is 5.91 Å². The summed E-state index contributed by atoms with van der Waals surface area (Å²) in [5.74, 6) is -0.131. The smallest absolute Gasteiger partial charge is 0.271 e. The fraction of sp³-hybridized carbons (Fsp3) is 0.462. The van der Waals surface area contributed by atoms with Crippen molar-refractivity contribution in [2.45, 2.75) is 25.7 Å². The molecule has 1 aliphatic carbocycles. The van der Waals surface area contributed by atoms with Crippen LogP contribution in [0.2, 0.25) is 0 Å². The second kappa shape index (κ2) is 5.36. The summed E-state index contributed by atoms with van der Waals surface area (Å²) in [7, 11) is 0. The standard InChI is InChI=1S/C13H17N3O3/c14-9-13(6-1-2-7-13)12(17)15-10-4-3-5-11(8-10)16(18)19/h3-5,8H,1-2,6-7,9,14H2,(H,15,17). The maximum absolute atomic E-state index is 12.3. The molecule has 19 heavy (non-hydrogen) atoms. The Morgan fingerprint density at radius 2 is 2.11 bits per heavy atom. The number of anilines is 1. The van der Waals surface area contributed by atoms with Gasteiger partial charge in [0.05, 0.1) is 10.3 Å². The van der Waals surface area contributed by atoms with Crippen molar-refractivity contribution in [2.75, 3.05) is 11.9 Å². The predicted molar refractivity (Wildman–Crippen MR) is 71.7 cm³/mol. The van der Waals surface area contributed by atoms with Crippen LogP contribution < -0.4 is 11.1 Å². The summed E-state index contributed by atoms with van der Waals surface area (Å²) in [4.78, 5) is 22.5. The summed E-state index contributed by atoms with van der Waals surface area (Å²) in [5.41, 5.74) is 5.63. The van der Waals surface area contributed by atoms with Gasteiger partial charge >= 0.3 is 0 Å². The molecule has 0 aromatic heterocycles. The lowest BCUT2D eigenvalue weighted by atomic mass is 9.85. The van der Waals surface area contributed by atoms with Gasteiger partial charge in [0, 0.05) is 24.4 Å². The van der Waals surface area contributed by atoms with E-state index in [1.807, 2.05) is 0 Å². The highest BCUT2D eigenvalue weighted by atomic mass is 16.6. The Balaban J connectivity index is 2.14. The highest BCUT2D eigenvalue weighted by molar-refractivity contribution is 5.96. The van der Waals surface area contributed by atoms with E-state index in [0.29, 0.717) is 12.2 Å². The van der Waals surface area contributed by atoms with E-state index in [-0.39, 0.29) is 11.6 Å². The van der Waals surface area contributed by atoms with Crippen LogP contribution in [0.5, 0.6) is 0 Å². The van der Waals surface area contributed by atoms with Gasteiger partial charge in [-0.25, -0.2) is 0 Å². The number of carbonyl (C=O) groups is 1. The molecular formula is C13H17N3O3. The van der Waals surface area contributed by atoms with Gasteiger partial charge in [-0.2, -0.15) is 0 Å². The number of benzene rings is 1. The molecule has 0 spiro atoms. The maximum atomic E-state index is 12.3. The highest BCUT2D eigenvalue weighted by Gasteiger charge is 2.39. The Morgan fingerprint density at radius 3 is 2.68 bits per heavy atom. The molecule has 6 heteroatoms. The fourth-order valence-electron chi connectivity index (χ4n) is 2.54. The van der Waals surface area contributed by atoms with E-state index in [1.54, 1.807) is 12.1 Å². The normalized spacial score (nSPS) is 17.1. The Morgan fingerprint density at radius 1 is 1.42 bits per heavy atom. The minimum atomic E-state index is -0.509. The summed E-state index contributed by atoms with van der Waals surface area (Å²) >= 11 is 0. The lowest BCUT2D eigenvalue weighted by Gasteiger charge is -2.25. The Bertz CT molecular complexity index is 496. The van der Waals surface area contributed by atoms with Gasteiger partial charge in [-0.3, -0.25) is 14.9 Å². The van der Waals surface area contributed by atoms with Crippen molar-refractivity contribution >= 4 is 17.3 Å². The zero-order valence-electron chi connectivity index (χ0n) is 10.6. The molecule has 3 N–H and O–H groups in total. The first-order valence-corrected chi connectivity index (χ1v) is 6.33. The van der Waals surface area contributed by atoms with Gasteiger partial charge in [-0.15, -0.1) is 0 Å². The van der Waals surface area contributed by atoms with E-state index in [2.05, 4.69) is 5.32 Å². The number of non-ortho nitro benzene ring substituents is 1. The largest absolute Gasteiger partial charge is 0.329 e. The molecule has 1 aromatic carbocycles. The Kier molecular flexibility index (Phi) is 3.80. The van der Waals surface area contributed by atoms with Gasteiger partial charge in [-0.1, -0.05) is 18.9 Å². The van der Waals surface area contributed by atoms with E-state index in [1.165, 1.54) is 12.1 Å². The first kappa shape index (κ1) is 13.5. The third kappa shape index (κ3) is 2.73. The van der Waals surface area contributed by atoms with E-state index in [0.717, 1.165) is 25.7 Å². The van der Waals surface area contributed by atoms with E-state index < -0.39 is 10.3 Å². The molecule has 0 unspecified atom stereocenters. The molecule has 1 saturated carbocycles. The number of hydrogen-bond acceptors (Lipinski definition) is 4. The van der Waals surface area contributed by atoms with Crippen molar-refractivity contribution in [2.24, 2.45) is 11.1 Å². The summed E-state index contributed by atoms with van der Waals surface area (Å²) in [5, 5.41) is 13.4. The first-order chi connectivity index (χ1) is 9.07. The maximum Gasteiger partial charge on any atom is 0.271 e. The van der Waals surface area contributed by atoms with Crippen molar-refractivity contribution in [1.29, 1.82) is 0 Å². The third-order valence-electron chi connectivity index (χ3n) is 3.75. The third-order valence-corrected chi connectivity index (χ3v) is 3.75. The molecule has 1 amide bonds. The average Bonchev–Trinajstić information content (AvgIpc) is 2.89. The minimum Gasteiger partial charge on any atom is -0.329 e. The molecule has 0 atom stereocenters. The van der Waals surface area contributed by atoms with Crippen molar-refractivity contribution in [3.8, 4) is 0 Å². The van der Waals surface area contributed by atoms with E-state index >= 15 is 0 Å². The predicted octanol–water partition coefficient (Wildman–Crippen LogP) is 2.05. The zero-order valence-corrected chi connectivity index (χ0v) is 10.6. The van der Waals surface area contributed by atoms with E-state index in [9.17, 15) is 14.9 Å². The summed E-state index contributed by atoms with van der Waals surface area (Å²) in [6, 6.07) is 5.95. The van der Waals surface area contributed by atoms with Crippen LogP contribution in [-0.4, -0.2) is 17.4 Å². The van der Waals surface area contributed by atoms with Gasteiger partial charge < -0.3 is 11.1 Å². The molecule has 102 valence electrons. The van der Waals surface area contributed by atoms with Crippen LogP contribution in [0, 0.1) is 15.5 Å². The van der Waals surface area contributed by atoms with Gasteiger partial charge in [0.15, 0.2) is 0 Å². The summed E-state index contributed by atoms with van der Waals surface area (Å²) in [6.07, 6.45) is 3.56. The molecule has 0 heterocycles. The molecular weight excluding hydrogens is 246 g/mol. The number of hydrogen-bond donors (Lipinski definition) is 2. The van der Waals surface area contributed by atoms with Crippen LogP contribution in [0.3, 0.4) is 0 Å². The van der Waals surface area contributed by atoms with Crippen molar-refractivity contribution in [3.63, 3.8) is 0 Å². The molecule has 0 aliphatic heterocycles. The number of nitro benzene ring substituents is 1. The van der Waals surface area contributed by atoms with Crippen molar-refractivity contribution < 1.29 is 9.72 Å². The van der Waals surface area contributed by atoms with E-state index in [4.69, 9.17) is 5.73 Å². The van der Waals surface area contributed by atoms with Gasteiger partial charge in [-0.05, 0) is 18.9 Å². The van der Waals surface area contributed by atoms with Crippen LogP contribution in [0.25, 0.3) is 0 Å². The molecule has 1 aromatic rings. The number of rotatable bonds is 4. The fourth-order valence-corrected chi connectivity index (χ4v) is 2.54. The molecule has 2 rings (SSSR count). The number of nitrogens with two attached hydrogens (primary N) is 1. The van der Waals surface area contributed by atoms with Gasteiger partial charge in [0.25, 0.3) is 5.69 Å². The number of nitro groups is 1. The number of amides is 1. The van der Waals surface area contributed by atoms with Gasteiger partial charge in [0.1, 0.15) is 0 Å². The lowest BCUT2D eigenvalue weighted by molar-refractivity contribution is -0.384. The molecule has 0 radical (unpaired) electrons. The quantitative estimate of drug-likeness (QED) is 0.641. The second-order valence-electron chi connectivity index (χ2n) is 4.95. The van der Waals surface area contributed by atoms with Crippen molar-refractivity contribution in [3.05, 3.63) is 34.4 Å². The second-order valence-corrected chi connectivity index (χ2v) is 4.95. The highest BCUT2D eigenvalue weighted by Crippen LogP contribution is 2.38. The molecule has 6 nitrogen and oxygen atoms in total. The van der Waals surface area contributed by atoms with Crippen LogP contribution in [-0.2, 0) is 4.79 Å². The Hall–Kier alpha value is -1.95. The van der Waals surface area contributed by atoms with Crippen molar-refractivity contribution in [1.82, 2.24) is 0 Å². The number of nitrogens with zero attached hydrogens (tertiary/aromatic N) is 1. The zero-order chi connectivity index (χ0) is 13.9. The van der Waals surface area contributed by atoms with Crippen LogP contribution in [0.15, 0.2) is 24.3 Å². The van der Waals surface area contributed by atoms with Crippen LogP contribution in [0.4, 0.5) is 11.4 Å². The SMILES string of the molecule is NCC1(C(=O)Nc2cccc([N+](=O)[O-])c2)CCCC1. The molecule has 1 aliphatic rings. The summed E-state index contributed by atoms with van der Waals surface area (Å²) < 4.78 is 0. The molecule has 1 fully saturated rings. The molecule has 0 bridgehead atoms. The van der Waals surface area contributed by atoms with Crippen LogP contribution in [0.1, 0.15) is 25.7 Å². The molecule has 0 saturated heterocycles. The lowest BCUT2D eigenvalue weighted by Crippen LogP contribution is -2.40. The number of nitrogens with one attached hydrogen (secondary N) is 1. The first-order valence-electron chi connectivity index (χ1n) is 6.33. The monoisotopic (exact) mass is 263 g/mol.